The first-order valence-corrected chi connectivity index (χ1v) is 6.06. The van der Waals surface area contributed by atoms with E-state index in [9.17, 15) is 22.4 Å². The summed E-state index contributed by atoms with van der Waals surface area (Å²) in [6.07, 6.45) is -4.59. The number of carbonyl (C=O) groups is 1. The maximum Gasteiger partial charge on any atom is 0.416 e. The van der Waals surface area contributed by atoms with E-state index in [1.165, 1.54) is 30.3 Å². The van der Waals surface area contributed by atoms with Gasteiger partial charge in [0.05, 0.1) is 12.0 Å². The molecule has 1 N–H and O–H groups in total. The molecule has 110 valence electrons. The number of amides is 1. The van der Waals surface area contributed by atoms with Crippen LogP contribution in [0.1, 0.15) is 11.1 Å². The third kappa shape index (κ3) is 4.30. The third-order valence-electron chi connectivity index (χ3n) is 2.73. The molecule has 0 aliphatic rings. The first-order chi connectivity index (χ1) is 9.84. The van der Waals surface area contributed by atoms with Crippen LogP contribution in [0.4, 0.5) is 23.2 Å². The molecule has 0 bridgehead atoms. The monoisotopic (exact) mass is 297 g/mol. The van der Waals surface area contributed by atoms with E-state index < -0.39 is 23.5 Å². The highest BCUT2D eigenvalue weighted by Gasteiger charge is 2.30. The number of benzene rings is 2. The maximum atomic E-state index is 13.0. The predicted molar refractivity (Wildman–Crippen MR) is 70.2 cm³/mol. The summed E-state index contributed by atoms with van der Waals surface area (Å²) in [5.41, 5.74) is -0.350. The van der Waals surface area contributed by atoms with Gasteiger partial charge in [0.1, 0.15) is 5.82 Å². The smallest absolute Gasteiger partial charge is 0.326 e. The minimum absolute atomic E-state index is 0.0474. The van der Waals surface area contributed by atoms with Crippen LogP contribution in [0.5, 0.6) is 0 Å². The van der Waals surface area contributed by atoms with Crippen LogP contribution in [0, 0.1) is 5.82 Å². The Morgan fingerprint density at radius 3 is 2.43 bits per heavy atom. The summed E-state index contributed by atoms with van der Waals surface area (Å²) in [6, 6.07) is 9.81. The molecule has 2 nitrogen and oxygen atoms in total. The van der Waals surface area contributed by atoms with E-state index in [4.69, 9.17) is 0 Å². The number of hydrogen-bond donors (Lipinski definition) is 1. The van der Waals surface area contributed by atoms with Gasteiger partial charge in [0, 0.05) is 5.69 Å². The van der Waals surface area contributed by atoms with Crippen molar-refractivity contribution in [3.8, 4) is 0 Å². The molecule has 0 spiro atoms. The first kappa shape index (κ1) is 15.0. The number of hydrogen-bond acceptors (Lipinski definition) is 1. The van der Waals surface area contributed by atoms with Crippen molar-refractivity contribution < 1.29 is 22.4 Å². The topological polar surface area (TPSA) is 29.1 Å². The number of rotatable bonds is 3. The quantitative estimate of drug-likeness (QED) is 0.852. The fourth-order valence-electron chi connectivity index (χ4n) is 1.81. The van der Waals surface area contributed by atoms with Crippen molar-refractivity contribution in [2.45, 2.75) is 12.6 Å². The van der Waals surface area contributed by atoms with Gasteiger partial charge in [0.15, 0.2) is 0 Å². The van der Waals surface area contributed by atoms with Crippen LogP contribution in [0.2, 0.25) is 0 Å². The Labute approximate surface area is 118 Å². The number of alkyl halides is 3. The minimum atomic E-state index is -4.47. The van der Waals surface area contributed by atoms with Gasteiger partial charge in [-0.2, -0.15) is 13.2 Å². The van der Waals surface area contributed by atoms with Gasteiger partial charge in [-0.15, -0.1) is 0 Å². The first-order valence-electron chi connectivity index (χ1n) is 6.06. The molecule has 0 fully saturated rings. The Hall–Kier alpha value is -2.37. The molecule has 0 atom stereocenters. The van der Waals surface area contributed by atoms with E-state index in [0.717, 1.165) is 12.1 Å². The van der Waals surface area contributed by atoms with Gasteiger partial charge in [0.2, 0.25) is 5.91 Å². The largest absolute Gasteiger partial charge is 0.416 e. The van der Waals surface area contributed by atoms with E-state index in [1.54, 1.807) is 6.07 Å². The molecule has 0 unspecified atom stereocenters. The molecule has 1 amide bonds. The van der Waals surface area contributed by atoms with Gasteiger partial charge in [-0.1, -0.05) is 18.2 Å². The second-order valence-electron chi connectivity index (χ2n) is 4.43. The van der Waals surface area contributed by atoms with Crippen molar-refractivity contribution >= 4 is 11.6 Å². The lowest BCUT2D eigenvalue weighted by molar-refractivity contribution is -0.137. The van der Waals surface area contributed by atoms with Crippen LogP contribution >= 0.6 is 0 Å². The minimum Gasteiger partial charge on any atom is -0.326 e. The third-order valence-corrected chi connectivity index (χ3v) is 2.73. The van der Waals surface area contributed by atoms with Crippen molar-refractivity contribution in [2.24, 2.45) is 0 Å². The standard InChI is InChI=1S/C15H11F4NO/c16-12-5-1-3-10(7-12)8-14(21)20-13-6-2-4-11(9-13)15(17,18)19/h1-7,9H,8H2,(H,20,21). The highest BCUT2D eigenvalue weighted by Crippen LogP contribution is 2.30. The molecule has 0 heterocycles. The second kappa shape index (κ2) is 5.95. The van der Waals surface area contributed by atoms with Crippen LogP contribution in [0.15, 0.2) is 48.5 Å². The van der Waals surface area contributed by atoms with Crippen molar-refractivity contribution in [1.82, 2.24) is 0 Å². The molecule has 0 aromatic heterocycles. The molecule has 0 radical (unpaired) electrons. The average molecular weight is 297 g/mol. The fourth-order valence-corrected chi connectivity index (χ4v) is 1.81. The summed E-state index contributed by atoms with van der Waals surface area (Å²) < 4.78 is 50.6. The Morgan fingerprint density at radius 1 is 1.05 bits per heavy atom. The van der Waals surface area contributed by atoms with Crippen molar-refractivity contribution in [3.63, 3.8) is 0 Å². The maximum absolute atomic E-state index is 13.0. The van der Waals surface area contributed by atoms with Gasteiger partial charge < -0.3 is 5.32 Å². The number of halogens is 4. The van der Waals surface area contributed by atoms with Gasteiger partial charge in [-0.3, -0.25) is 4.79 Å². The number of anilines is 1. The Balaban J connectivity index is 2.06. The molecule has 6 heteroatoms. The van der Waals surface area contributed by atoms with Crippen molar-refractivity contribution in [3.05, 3.63) is 65.5 Å². The summed E-state index contributed by atoms with van der Waals surface area (Å²) >= 11 is 0. The zero-order chi connectivity index (χ0) is 15.5. The van der Waals surface area contributed by atoms with E-state index in [2.05, 4.69) is 5.32 Å². The summed E-state index contributed by atoms with van der Waals surface area (Å²) in [4.78, 5) is 11.7. The van der Waals surface area contributed by atoms with Crippen molar-refractivity contribution in [1.29, 1.82) is 0 Å². The molecule has 21 heavy (non-hydrogen) atoms. The molecule has 2 aromatic rings. The van der Waals surface area contributed by atoms with E-state index in [1.807, 2.05) is 0 Å². The van der Waals surface area contributed by atoms with Crippen LogP contribution in [0.3, 0.4) is 0 Å². The molecule has 0 aliphatic heterocycles. The lowest BCUT2D eigenvalue weighted by atomic mass is 10.1. The normalized spacial score (nSPS) is 11.2. The van der Waals surface area contributed by atoms with Crippen LogP contribution in [-0.2, 0) is 17.4 Å². The van der Waals surface area contributed by atoms with E-state index >= 15 is 0 Å². The molecule has 0 saturated carbocycles. The van der Waals surface area contributed by atoms with Crippen LogP contribution in [0.25, 0.3) is 0 Å². The Morgan fingerprint density at radius 2 is 1.76 bits per heavy atom. The predicted octanol–water partition coefficient (Wildman–Crippen LogP) is 4.03. The van der Waals surface area contributed by atoms with E-state index in [-0.39, 0.29) is 12.1 Å². The van der Waals surface area contributed by atoms with Gasteiger partial charge in [0.25, 0.3) is 0 Å². The lowest BCUT2D eigenvalue weighted by Gasteiger charge is -2.10. The van der Waals surface area contributed by atoms with Gasteiger partial charge in [-0.25, -0.2) is 4.39 Å². The summed E-state index contributed by atoms with van der Waals surface area (Å²) in [7, 11) is 0. The van der Waals surface area contributed by atoms with Gasteiger partial charge >= 0.3 is 6.18 Å². The lowest BCUT2D eigenvalue weighted by Crippen LogP contribution is -2.15. The fraction of sp³-hybridized carbons (Fsp3) is 0.133. The molecular formula is C15H11F4NO. The Bertz CT molecular complexity index is 652. The molecule has 0 saturated heterocycles. The Kier molecular flexibility index (Phi) is 4.26. The van der Waals surface area contributed by atoms with Crippen LogP contribution in [-0.4, -0.2) is 5.91 Å². The highest BCUT2D eigenvalue weighted by atomic mass is 19.4. The highest BCUT2D eigenvalue weighted by molar-refractivity contribution is 5.92. The van der Waals surface area contributed by atoms with Gasteiger partial charge in [-0.05, 0) is 35.9 Å². The zero-order valence-electron chi connectivity index (χ0n) is 10.7. The SMILES string of the molecule is O=C(Cc1cccc(F)c1)Nc1cccc(C(F)(F)F)c1. The van der Waals surface area contributed by atoms with Crippen molar-refractivity contribution in [2.75, 3.05) is 5.32 Å². The molecule has 0 aliphatic carbocycles. The summed E-state index contributed by atoms with van der Waals surface area (Å²) in [5, 5.41) is 2.36. The molecular weight excluding hydrogens is 286 g/mol. The number of nitrogens with one attached hydrogen (secondary N) is 1. The molecule has 2 aromatic carbocycles. The number of carbonyl (C=O) groups excluding carboxylic acids is 1. The molecule has 2 rings (SSSR count). The second-order valence-corrected chi connectivity index (χ2v) is 4.43. The van der Waals surface area contributed by atoms with Crippen LogP contribution < -0.4 is 5.32 Å². The van der Waals surface area contributed by atoms with E-state index in [0.29, 0.717) is 5.56 Å². The average Bonchev–Trinajstić information content (AvgIpc) is 2.37. The summed E-state index contributed by atoms with van der Waals surface area (Å²) in [6.45, 7) is 0. The summed E-state index contributed by atoms with van der Waals surface area (Å²) in [5.74, 6) is -0.987. The zero-order valence-corrected chi connectivity index (χ0v) is 10.7.